The summed E-state index contributed by atoms with van der Waals surface area (Å²) in [4.78, 5) is -0.0873. The molecule has 0 saturated carbocycles. The molecule has 0 aliphatic rings. The van der Waals surface area contributed by atoms with Gasteiger partial charge in [0.2, 0.25) is 0 Å². The molecular weight excluding hydrogens is 274 g/mol. The van der Waals surface area contributed by atoms with Gasteiger partial charge >= 0.3 is 0 Å². The van der Waals surface area contributed by atoms with Gasteiger partial charge in [-0.3, -0.25) is 4.72 Å². The number of anilines is 2. The van der Waals surface area contributed by atoms with E-state index in [1.54, 1.807) is 18.2 Å². The lowest BCUT2D eigenvalue weighted by Crippen LogP contribution is -2.14. The third-order valence-corrected chi connectivity index (χ3v) is 4.12. The predicted octanol–water partition coefficient (Wildman–Crippen LogP) is 2.25. The van der Waals surface area contributed by atoms with E-state index in [1.165, 1.54) is 18.2 Å². The van der Waals surface area contributed by atoms with Gasteiger partial charge in [-0.15, -0.1) is 0 Å². The summed E-state index contributed by atoms with van der Waals surface area (Å²) in [5.74, 6) is 0. The number of nitrogen functional groups attached to an aromatic ring is 1. The first-order chi connectivity index (χ1) is 9.42. The van der Waals surface area contributed by atoms with Crippen LogP contribution in [0.4, 0.5) is 11.4 Å². The van der Waals surface area contributed by atoms with Crippen LogP contribution in [0.1, 0.15) is 11.1 Å². The zero-order valence-electron chi connectivity index (χ0n) is 10.8. The highest BCUT2D eigenvalue weighted by atomic mass is 32.2. The number of benzene rings is 2. The van der Waals surface area contributed by atoms with Crippen molar-refractivity contribution in [1.29, 1.82) is 5.26 Å². The first-order valence-corrected chi connectivity index (χ1v) is 7.30. The molecule has 2 rings (SSSR count). The van der Waals surface area contributed by atoms with Gasteiger partial charge in [-0.2, -0.15) is 5.26 Å². The predicted molar refractivity (Wildman–Crippen MR) is 77.6 cm³/mol. The molecule has 102 valence electrons. The normalized spacial score (nSPS) is 10.8. The molecular formula is C14H13N3O2S. The Hall–Kier alpha value is -2.52. The molecule has 0 saturated heterocycles. The molecule has 0 aliphatic carbocycles. The monoisotopic (exact) mass is 287 g/mol. The molecule has 0 fully saturated rings. The molecule has 0 unspecified atom stereocenters. The lowest BCUT2D eigenvalue weighted by Gasteiger charge is -2.10. The third kappa shape index (κ3) is 2.90. The Balaban J connectivity index is 2.44. The van der Waals surface area contributed by atoms with Crippen molar-refractivity contribution in [3.8, 4) is 6.07 Å². The number of nitrogens with zero attached hydrogens (tertiary/aromatic N) is 1. The van der Waals surface area contributed by atoms with E-state index >= 15 is 0 Å². The highest BCUT2D eigenvalue weighted by Gasteiger charge is 2.18. The van der Waals surface area contributed by atoms with Crippen LogP contribution in [-0.2, 0) is 10.0 Å². The van der Waals surface area contributed by atoms with Gasteiger partial charge in [-0.05, 0) is 42.8 Å². The van der Waals surface area contributed by atoms with Crippen LogP contribution in [0.25, 0.3) is 0 Å². The fourth-order valence-corrected chi connectivity index (χ4v) is 2.98. The maximum absolute atomic E-state index is 12.3. The molecule has 0 aliphatic heterocycles. The van der Waals surface area contributed by atoms with Crippen molar-refractivity contribution in [1.82, 2.24) is 0 Å². The lowest BCUT2D eigenvalue weighted by molar-refractivity contribution is 0.601. The molecule has 5 nitrogen and oxygen atoms in total. The summed E-state index contributed by atoms with van der Waals surface area (Å²) in [6.45, 7) is 1.86. The number of sulfonamides is 1. The van der Waals surface area contributed by atoms with Crippen molar-refractivity contribution in [3.05, 3.63) is 53.6 Å². The van der Waals surface area contributed by atoms with E-state index in [0.29, 0.717) is 11.4 Å². The topological polar surface area (TPSA) is 96.0 Å². The van der Waals surface area contributed by atoms with Crippen molar-refractivity contribution in [3.63, 3.8) is 0 Å². The highest BCUT2D eigenvalue weighted by molar-refractivity contribution is 7.92. The van der Waals surface area contributed by atoms with Crippen LogP contribution < -0.4 is 10.5 Å². The number of aryl methyl sites for hydroxylation is 1. The van der Waals surface area contributed by atoms with E-state index in [-0.39, 0.29) is 10.5 Å². The van der Waals surface area contributed by atoms with Gasteiger partial charge in [-0.25, -0.2) is 8.42 Å². The van der Waals surface area contributed by atoms with E-state index in [0.717, 1.165) is 5.56 Å². The molecule has 6 heteroatoms. The summed E-state index contributed by atoms with van der Waals surface area (Å²) >= 11 is 0. The fourth-order valence-electron chi connectivity index (χ4n) is 1.79. The summed E-state index contributed by atoms with van der Waals surface area (Å²) in [5.41, 5.74) is 7.30. The summed E-state index contributed by atoms with van der Waals surface area (Å²) in [6, 6.07) is 12.9. The van der Waals surface area contributed by atoms with Crippen molar-refractivity contribution in [2.24, 2.45) is 0 Å². The van der Waals surface area contributed by atoms with Crippen molar-refractivity contribution < 1.29 is 8.42 Å². The van der Waals surface area contributed by atoms with Crippen LogP contribution >= 0.6 is 0 Å². The van der Waals surface area contributed by atoms with Crippen molar-refractivity contribution >= 4 is 21.4 Å². The summed E-state index contributed by atoms with van der Waals surface area (Å²) < 4.78 is 27.1. The largest absolute Gasteiger partial charge is 0.399 e. The molecule has 0 heterocycles. The molecule has 0 amide bonds. The minimum atomic E-state index is -3.82. The van der Waals surface area contributed by atoms with E-state index < -0.39 is 10.0 Å². The third-order valence-electron chi connectivity index (χ3n) is 2.68. The quantitative estimate of drug-likeness (QED) is 0.846. The first-order valence-electron chi connectivity index (χ1n) is 5.81. The molecule has 0 atom stereocenters. The average Bonchev–Trinajstić information content (AvgIpc) is 2.37. The Morgan fingerprint density at radius 2 is 1.95 bits per heavy atom. The molecule has 2 aromatic rings. The summed E-state index contributed by atoms with van der Waals surface area (Å²) in [6.07, 6.45) is 0. The van der Waals surface area contributed by atoms with Gasteiger partial charge in [0.1, 0.15) is 11.0 Å². The number of hydrogen-bond donors (Lipinski definition) is 2. The fraction of sp³-hybridized carbons (Fsp3) is 0.0714. The van der Waals surface area contributed by atoms with Crippen LogP contribution in [0.3, 0.4) is 0 Å². The first kappa shape index (κ1) is 13.9. The Bertz CT molecular complexity index is 792. The molecule has 0 radical (unpaired) electrons. The molecule has 0 aromatic heterocycles. The van der Waals surface area contributed by atoms with Gasteiger partial charge in [0.25, 0.3) is 10.0 Å². The van der Waals surface area contributed by atoms with Gasteiger partial charge in [0.05, 0.1) is 5.56 Å². The van der Waals surface area contributed by atoms with E-state index in [1.807, 2.05) is 19.1 Å². The van der Waals surface area contributed by atoms with Crippen molar-refractivity contribution in [2.45, 2.75) is 11.8 Å². The highest BCUT2D eigenvalue weighted by Crippen LogP contribution is 2.21. The second kappa shape index (κ2) is 5.23. The van der Waals surface area contributed by atoms with Crippen molar-refractivity contribution in [2.75, 3.05) is 10.5 Å². The molecule has 2 aromatic carbocycles. The Morgan fingerprint density at radius 3 is 2.60 bits per heavy atom. The zero-order valence-corrected chi connectivity index (χ0v) is 11.6. The molecule has 0 bridgehead atoms. The van der Waals surface area contributed by atoms with Gasteiger partial charge in [0, 0.05) is 11.4 Å². The van der Waals surface area contributed by atoms with Gasteiger partial charge < -0.3 is 5.73 Å². The minimum Gasteiger partial charge on any atom is -0.399 e. The molecule has 20 heavy (non-hydrogen) atoms. The number of nitriles is 1. The SMILES string of the molecule is Cc1cccc(NS(=O)(=O)c2ccc(N)cc2C#N)c1. The van der Waals surface area contributed by atoms with E-state index in [9.17, 15) is 8.42 Å². The van der Waals surface area contributed by atoms with Gasteiger partial charge in [-0.1, -0.05) is 12.1 Å². The maximum Gasteiger partial charge on any atom is 0.263 e. The second-order valence-corrected chi connectivity index (χ2v) is 5.99. The number of nitrogens with one attached hydrogen (secondary N) is 1. The number of hydrogen-bond acceptors (Lipinski definition) is 4. The Labute approximate surface area is 117 Å². The number of nitrogens with two attached hydrogens (primary N) is 1. The van der Waals surface area contributed by atoms with E-state index in [4.69, 9.17) is 11.0 Å². The van der Waals surface area contributed by atoms with Crippen LogP contribution in [0.5, 0.6) is 0 Å². The lowest BCUT2D eigenvalue weighted by atomic mass is 10.2. The van der Waals surface area contributed by atoms with Crippen LogP contribution in [-0.4, -0.2) is 8.42 Å². The van der Waals surface area contributed by atoms with Gasteiger partial charge in [0.15, 0.2) is 0 Å². The Kier molecular flexibility index (Phi) is 3.63. The number of rotatable bonds is 3. The molecule has 0 spiro atoms. The molecule has 3 N–H and O–H groups in total. The maximum atomic E-state index is 12.3. The zero-order chi connectivity index (χ0) is 14.8. The van der Waals surface area contributed by atoms with E-state index in [2.05, 4.69) is 4.72 Å². The minimum absolute atomic E-state index is 0.0187. The standard InChI is InChI=1S/C14H13N3O2S/c1-10-3-2-4-13(7-10)17-20(18,19)14-6-5-12(16)8-11(14)9-15/h2-8,17H,16H2,1H3. The smallest absolute Gasteiger partial charge is 0.263 e. The summed E-state index contributed by atoms with van der Waals surface area (Å²) in [5, 5.41) is 9.02. The van der Waals surface area contributed by atoms with Crippen LogP contribution in [0.2, 0.25) is 0 Å². The Morgan fingerprint density at radius 1 is 1.20 bits per heavy atom. The van der Waals surface area contributed by atoms with Crippen LogP contribution in [0.15, 0.2) is 47.4 Å². The average molecular weight is 287 g/mol. The van der Waals surface area contributed by atoms with Crippen LogP contribution in [0, 0.1) is 18.3 Å². The second-order valence-electron chi connectivity index (χ2n) is 4.34. The summed E-state index contributed by atoms with van der Waals surface area (Å²) in [7, 11) is -3.82.